The highest BCUT2D eigenvalue weighted by molar-refractivity contribution is 7.85. The minimum Gasteiger partial charge on any atom is -0.270 e. The number of unbranched alkanes of at least 4 members (excludes halogenated alkanes) is 2. The molecule has 0 aliphatic carbocycles. The van der Waals surface area contributed by atoms with E-state index in [0.717, 1.165) is 18.4 Å². The number of hydrogen-bond donors (Lipinski definition) is 0. The van der Waals surface area contributed by atoms with E-state index >= 15 is 0 Å². The smallest absolute Gasteiger partial charge is 0.270 e. The summed E-state index contributed by atoms with van der Waals surface area (Å²) in [6.07, 6.45) is 6.42. The van der Waals surface area contributed by atoms with Gasteiger partial charge in [-0.25, -0.2) is 0 Å². The maximum Gasteiger partial charge on any atom is 0.271 e. The number of aryl methyl sites for hydroxylation is 2. The van der Waals surface area contributed by atoms with Gasteiger partial charge in [-0.05, 0) is 42.4 Å². The van der Waals surface area contributed by atoms with Crippen LogP contribution in [-0.2, 0) is 32.9 Å². The van der Waals surface area contributed by atoms with Crippen molar-refractivity contribution < 1.29 is 12.6 Å². The second-order valence-corrected chi connectivity index (χ2v) is 8.03. The number of benzene rings is 2. The van der Waals surface area contributed by atoms with E-state index in [9.17, 15) is 8.42 Å². The van der Waals surface area contributed by atoms with Crippen LogP contribution in [-0.4, -0.2) is 15.0 Å². The lowest BCUT2D eigenvalue weighted by atomic mass is 10.0. The first-order chi connectivity index (χ1) is 12.1. The summed E-state index contributed by atoms with van der Waals surface area (Å²) in [6.45, 7) is 2.44. The Labute approximate surface area is 152 Å². The molecule has 0 saturated carbocycles. The molecule has 0 aliphatic rings. The van der Waals surface area contributed by atoms with Gasteiger partial charge in [-0.1, -0.05) is 74.4 Å². The Morgan fingerprint density at radius 2 is 1.36 bits per heavy atom. The molecule has 2 aromatic carbocycles. The summed E-state index contributed by atoms with van der Waals surface area (Å²) < 4.78 is 29.0. The van der Waals surface area contributed by atoms with Gasteiger partial charge in [0.1, 0.15) is 5.75 Å². The van der Waals surface area contributed by atoms with E-state index in [2.05, 4.69) is 31.2 Å². The van der Waals surface area contributed by atoms with Crippen molar-refractivity contribution in [3.05, 3.63) is 71.3 Å². The van der Waals surface area contributed by atoms with Gasteiger partial charge < -0.3 is 0 Å². The molecule has 0 aliphatic heterocycles. The normalized spacial score (nSPS) is 11.6. The maximum absolute atomic E-state index is 12.0. The van der Waals surface area contributed by atoms with Crippen LogP contribution in [0.5, 0.6) is 0 Å². The Kier molecular flexibility index (Phi) is 8.16. The van der Waals surface area contributed by atoms with Crippen molar-refractivity contribution in [2.24, 2.45) is 0 Å². The molecule has 0 bridgehead atoms. The molecular weight excluding hydrogens is 332 g/mol. The van der Waals surface area contributed by atoms with Crippen molar-refractivity contribution in [2.45, 2.75) is 51.2 Å². The summed E-state index contributed by atoms with van der Waals surface area (Å²) in [6, 6.07) is 17.8. The highest BCUT2D eigenvalue weighted by Crippen LogP contribution is 2.12. The van der Waals surface area contributed by atoms with Crippen molar-refractivity contribution >= 4 is 10.1 Å². The predicted molar refractivity (Wildman–Crippen MR) is 103 cm³/mol. The summed E-state index contributed by atoms with van der Waals surface area (Å²) in [4.78, 5) is 0. The highest BCUT2D eigenvalue weighted by Gasteiger charge is 2.12. The highest BCUT2D eigenvalue weighted by atomic mass is 32.2. The van der Waals surface area contributed by atoms with Crippen molar-refractivity contribution in [1.82, 2.24) is 0 Å². The first kappa shape index (κ1) is 19.7. The molecule has 4 heteroatoms. The molecule has 136 valence electrons. The largest absolute Gasteiger partial charge is 0.271 e. The van der Waals surface area contributed by atoms with Gasteiger partial charge in [0.15, 0.2) is 0 Å². The SMILES string of the molecule is CCCCCc1ccc(CCCOS(=O)(=O)Cc2ccccc2)cc1. The third-order valence-corrected chi connectivity index (χ3v) is 5.36. The Morgan fingerprint density at radius 1 is 0.760 bits per heavy atom. The van der Waals surface area contributed by atoms with Crippen LogP contribution in [0.4, 0.5) is 0 Å². The lowest BCUT2D eigenvalue weighted by Gasteiger charge is -2.07. The zero-order valence-corrected chi connectivity index (χ0v) is 15.8. The third kappa shape index (κ3) is 7.84. The molecule has 0 N–H and O–H groups in total. The molecule has 2 aromatic rings. The molecule has 0 atom stereocenters. The molecule has 3 nitrogen and oxygen atoms in total. The van der Waals surface area contributed by atoms with Gasteiger partial charge in [-0.15, -0.1) is 0 Å². The molecule has 2 rings (SSSR count). The van der Waals surface area contributed by atoms with E-state index in [1.807, 2.05) is 18.2 Å². The fourth-order valence-electron chi connectivity index (χ4n) is 2.73. The summed E-state index contributed by atoms with van der Waals surface area (Å²) in [5.41, 5.74) is 3.35. The monoisotopic (exact) mass is 360 g/mol. The van der Waals surface area contributed by atoms with Crippen LogP contribution in [0.3, 0.4) is 0 Å². The summed E-state index contributed by atoms with van der Waals surface area (Å²) in [5.74, 6) is -0.0691. The minimum absolute atomic E-state index is 0.0691. The van der Waals surface area contributed by atoms with Crippen LogP contribution in [0.25, 0.3) is 0 Å². The average Bonchev–Trinajstić information content (AvgIpc) is 2.61. The van der Waals surface area contributed by atoms with Crippen molar-refractivity contribution in [1.29, 1.82) is 0 Å². The molecule has 0 spiro atoms. The van der Waals surface area contributed by atoms with E-state index in [0.29, 0.717) is 6.42 Å². The molecular formula is C21H28O3S. The van der Waals surface area contributed by atoms with Crippen LogP contribution < -0.4 is 0 Å². The van der Waals surface area contributed by atoms with Crippen molar-refractivity contribution in [3.63, 3.8) is 0 Å². The van der Waals surface area contributed by atoms with Gasteiger partial charge in [0.05, 0.1) is 6.61 Å². The fraction of sp³-hybridized carbons (Fsp3) is 0.429. The molecule has 0 heterocycles. The van der Waals surface area contributed by atoms with Gasteiger partial charge in [0.25, 0.3) is 10.1 Å². The first-order valence-corrected chi connectivity index (χ1v) is 10.7. The Bertz CT molecular complexity index is 707. The minimum atomic E-state index is -3.51. The molecule has 0 radical (unpaired) electrons. The Morgan fingerprint density at radius 3 is 1.96 bits per heavy atom. The van der Waals surface area contributed by atoms with E-state index in [4.69, 9.17) is 4.18 Å². The Hall–Kier alpha value is -1.65. The van der Waals surface area contributed by atoms with Gasteiger partial charge in [-0.2, -0.15) is 8.42 Å². The fourth-order valence-corrected chi connectivity index (χ4v) is 3.79. The molecule has 0 saturated heterocycles. The van der Waals surface area contributed by atoms with Crippen molar-refractivity contribution in [2.75, 3.05) is 6.61 Å². The topological polar surface area (TPSA) is 43.4 Å². The predicted octanol–water partition coefficient (Wildman–Crippen LogP) is 4.90. The van der Waals surface area contributed by atoms with E-state index < -0.39 is 10.1 Å². The second-order valence-electron chi connectivity index (χ2n) is 6.39. The Balaban J connectivity index is 1.70. The summed E-state index contributed by atoms with van der Waals surface area (Å²) in [7, 11) is -3.51. The average molecular weight is 361 g/mol. The van der Waals surface area contributed by atoms with Gasteiger partial charge >= 0.3 is 0 Å². The lowest BCUT2D eigenvalue weighted by Crippen LogP contribution is -2.10. The van der Waals surface area contributed by atoms with E-state index in [1.165, 1.54) is 30.4 Å². The van der Waals surface area contributed by atoms with Crippen LogP contribution >= 0.6 is 0 Å². The van der Waals surface area contributed by atoms with Crippen LogP contribution in [0.2, 0.25) is 0 Å². The van der Waals surface area contributed by atoms with Gasteiger partial charge in [0.2, 0.25) is 0 Å². The summed E-state index contributed by atoms with van der Waals surface area (Å²) in [5, 5.41) is 0. The first-order valence-electron chi connectivity index (χ1n) is 9.08. The molecule has 0 fully saturated rings. The molecule has 25 heavy (non-hydrogen) atoms. The van der Waals surface area contributed by atoms with Crippen LogP contribution in [0.15, 0.2) is 54.6 Å². The third-order valence-electron chi connectivity index (χ3n) is 4.15. The summed E-state index contributed by atoms with van der Waals surface area (Å²) >= 11 is 0. The standard InChI is InChI=1S/C21H28O3S/c1-2-3-5-9-19-13-15-20(16-14-19)12-8-17-24-25(22,23)18-21-10-6-4-7-11-21/h4,6-7,10-11,13-16H,2-3,5,8-9,12,17-18H2,1H3. The number of rotatable bonds is 11. The lowest BCUT2D eigenvalue weighted by molar-refractivity contribution is 0.311. The zero-order valence-electron chi connectivity index (χ0n) is 15.0. The van der Waals surface area contributed by atoms with E-state index in [1.54, 1.807) is 12.1 Å². The zero-order chi connectivity index (χ0) is 18.0. The quantitative estimate of drug-likeness (QED) is 0.423. The second kappa shape index (κ2) is 10.4. The van der Waals surface area contributed by atoms with E-state index in [-0.39, 0.29) is 12.4 Å². The number of hydrogen-bond acceptors (Lipinski definition) is 3. The molecule has 0 aromatic heterocycles. The van der Waals surface area contributed by atoms with Crippen LogP contribution in [0.1, 0.15) is 49.3 Å². The maximum atomic E-state index is 12.0. The molecule has 0 unspecified atom stereocenters. The van der Waals surface area contributed by atoms with Gasteiger partial charge in [0, 0.05) is 0 Å². The van der Waals surface area contributed by atoms with Crippen LogP contribution in [0, 0.1) is 0 Å². The molecule has 0 amide bonds. The van der Waals surface area contributed by atoms with Gasteiger partial charge in [-0.3, -0.25) is 4.18 Å². The van der Waals surface area contributed by atoms with Crippen molar-refractivity contribution in [3.8, 4) is 0 Å².